The highest BCUT2D eigenvalue weighted by atomic mass is 16.3. The number of hydrogen-bond donors (Lipinski definition) is 2. The zero-order chi connectivity index (χ0) is 13.8. The molecule has 1 aliphatic carbocycles. The molecule has 3 nitrogen and oxygen atoms in total. The lowest BCUT2D eigenvalue weighted by molar-refractivity contribution is 0.0251. The fraction of sp³-hybridized carbons (Fsp3) is 1.00. The summed E-state index contributed by atoms with van der Waals surface area (Å²) >= 11 is 0. The van der Waals surface area contributed by atoms with E-state index in [0.29, 0.717) is 6.04 Å². The van der Waals surface area contributed by atoms with Crippen LogP contribution < -0.4 is 5.32 Å². The molecule has 0 aromatic heterocycles. The average molecular weight is 256 g/mol. The lowest BCUT2D eigenvalue weighted by Gasteiger charge is -2.48. The van der Waals surface area contributed by atoms with Gasteiger partial charge in [-0.2, -0.15) is 0 Å². The van der Waals surface area contributed by atoms with Crippen LogP contribution in [-0.2, 0) is 0 Å². The third-order valence-corrected chi connectivity index (χ3v) is 5.04. The molecule has 108 valence electrons. The Labute approximate surface area is 113 Å². The van der Waals surface area contributed by atoms with Gasteiger partial charge < -0.3 is 10.4 Å². The molecule has 0 radical (unpaired) electrons. The minimum Gasteiger partial charge on any atom is -0.394 e. The molecule has 1 saturated carbocycles. The summed E-state index contributed by atoms with van der Waals surface area (Å²) in [6.07, 6.45) is 5.80. The number of hydrogen-bond acceptors (Lipinski definition) is 3. The first-order valence-corrected chi connectivity index (χ1v) is 7.49. The maximum atomic E-state index is 9.75. The van der Waals surface area contributed by atoms with E-state index in [4.69, 9.17) is 0 Å². The van der Waals surface area contributed by atoms with Gasteiger partial charge in [-0.3, -0.25) is 4.90 Å². The van der Waals surface area contributed by atoms with Crippen molar-refractivity contribution in [3.8, 4) is 0 Å². The Morgan fingerprint density at radius 2 is 2.06 bits per heavy atom. The van der Waals surface area contributed by atoms with E-state index in [0.717, 1.165) is 25.8 Å². The molecule has 0 aliphatic heterocycles. The molecule has 1 rings (SSSR count). The molecule has 2 unspecified atom stereocenters. The van der Waals surface area contributed by atoms with Gasteiger partial charge in [0.1, 0.15) is 0 Å². The van der Waals surface area contributed by atoms with Gasteiger partial charge in [-0.1, -0.05) is 13.8 Å². The summed E-state index contributed by atoms with van der Waals surface area (Å²) in [5.74, 6) is 0. The summed E-state index contributed by atoms with van der Waals surface area (Å²) in [5, 5.41) is 13.3. The Morgan fingerprint density at radius 1 is 1.39 bits per heavy atom. The van der Waals surface area contributed by atoms with Gasteiger partial charge >= 0.3 is 0 Å². The van der Waals surface area contributed by atoms with Crippen molar-refractivity contribution in [1.82, 2.24) is 10.2 Å². The van der Waals surface area contributed by atoms with Crippen LogP contribution in [0.5, 0.6) is 0 Å². The number of nitrogens with one attached hydrogen (secondary N) is 1. The Kier molecular flexibility index (Phi) is 5.63. The van der Waals surface area contributed by atoms with Crippen LogP contribution >= 0.6 is 0 Å². The molecule has 2 N–H and O–H groups in total. The van der Waals surface area contributed by atoms with E-state index in [-0.39, 0.29) is 17.7 Å². The normalized spacial score (nSPS) is 29.8. The standard InChI is InChI=1S/C15H32N2O/c1-6-14(3,4)17(5)13-9-8-10-15(11-13,12-18)16-7-2/h13,16,18H,6-12H2,1-5H3. The van der Waals surface area contributed by atoms with Crippen LogP contribution in [0, 0.1) is 0 Å². The molecule has 0 aromatic rings. The van der Waals surface area contributed by atoms with Gasteiger partial charge in [0.15, 0.2) is 0 Å². The summed E-state index contributed by atoms with van der Waals surface area (Å²) in [6.45, 7) is 10.2. The van der Waals surface area contributed by atoms with Crippen LogP contribution in [0.15, 0.2) is 0 Å². The third kappa shape index (κ3) is 3.46. The van der Waals surface area contributed by atoms with Gasteiger partial charge in [0.05, 0.1) is 6.61 Å². The second-order valence-electron chi connectivity index (χ2n) is 6.50. The predicted molar refractivity (Wildman–Crippen MR) is 77.9 cm³/mol. The number of nitrogens with zero attached hydrogens (tertiary/aromatic N) is 1. The molecule has 0 spiro atoms. The summed E-state index contributed by atoms with van der Waals surface area (Å²) in [4.78, 5) is 2.52. The predicted octanol–water partition coefficient (Wildman–Crippen LogP) is 2.39. The quantitative estimate of drug-likeness (QED) is 0.766. The smallest absolute Gasteiger partial charge is 0.0613 e. The largest absolute Gasteiger partial charge is 0.394 e. The molecule has 1 fully saturated rings. The van der Waals surface area contributed by atoms with Crippen LogP contribution in [0.4, 0.5) is 0 Å². The molecular formula is C15H32N2O. The van der Waals surface area contributed by atoms with E-state index in [2.05, 4.69) is 45.0 Å². The molecule has 2 atom stereocenters. The Morgan fingerprint density at radius 3 is 2.56 bits per heavy atom. The summed E-state index contributed by atoms with van der Waals surface area (Å²) in [6, 6.07) is 0.583. The SMILES string of the molecule is CCNC1(CO)CCCC(N(C)C(C)(C)CC)C1. The van der Waals surface area contributed by atoms with Crippen molar-refractivity contribution in [2.75, 3.05) is 20.2 Å². The van der Waals surface area contributed by atoms with E-state index < -0.39 is 0 Å². The highest BCUT2D eigenvalue weighted by molar-refractivity contribution is 4.97. The first-order valence-electron chi connectivity index (χ1n) is 7.49. The first-order chi connectivity index (χ1) is 8.40. The maximum absolute atomic E-state index is 9.75. The van der Waals surface area contributed by atoms with Crippen molar-refractivity contribution in [3.05, 3.63) is 0 Å². The molecule has 0 amide bonds. The number of aliphatic hydroxyl groups is 1. The second-order valence-corrected chi connectivity index (χ2v) is 6.50. The molecule has 0 aromatic carbocycles. The molecule has 0 heterocycles. The molecule has 1 aliphatic rings. The van der Waals surface area contributed by atoms with Crippen LogP contribution in [0.2, 0.25) is 0 Å². The Balaban J connectivity index is 2.74. The van der Waals surface area contributed by atoms with Gasteiger partial charge in [-0.05, 0) is 59.5 Å². The lowest BCUT2D eigenvalue weighted by atomic mass is 9.77. The molecular weight excluding hydrogens is 224 g/mol. The molecule has 0 bridgehead atoms. The highest BCUT2D eigenvalue weighted by Crippen LogP contribution is 2.34. The summed E-state index contributed by atoms with van der Waals surface area (Å²) in [7, 11) is 2.24. The Hall–Kier alpha value is -0.120. The van der Waals surface area contributed by atoms with E-state index in [9.17, 15) is 5.11 Å². The number of rotatable bonds is 6. The number of likely N-dealkylation sites (N-methyl/N-ethyl adjacent to an activating group) is 1. The molecule has 18 heavy (non-hydrogen) atoms. The van der Waals surface area contributed by atoms with Gasteiger partial charge in [-0.25, -0.2) is 0 Å². The van der Waals surface area contributed by atoms with Crippen molar-refractivity contribution in [2.24, 2.45) is 0 Å². The van der Waals surface area contributed by atoms with Crippen LogP contribution in [0.25, 0.3) is 0 Å². The topological polar surface area (TPSA) is 35.5 Å². The average Bonchev–Trinajstić information content (AvgIpc) is 2.38. The van der Waals surface area contributed by atoms with E-state index in [1.54, 1.807) is 0 Å². The second kappa shape index (κ2) is 6.36. The number of aliphatic hydroxyl groups excluding tert-OH is 1. The first kappa shape index (κ1) is 15.9. The van der Waals surface area contributed by atoms with Crippen LogP contribution in [0.1, 0.15) is 59.8 Å². The van der Waals surface area contributed by atoms with Crippen LogP contribution in [0.3, 0.4) is 0 Å². The van der Waals surface area contributed by atoms with E-state index >= 15 is 0 Å². The monoisotopic (exact) mass is 256 g/mol. The van der Waals surface area contributed by atoms with E-state index in [1.807, 2.05) is 0 Å². The van der Waals surface area contributed by atoms with Gasteiger partial charge in [0, 0.05) is 17.1 Å². The highest BCUT2D eigenvalue weighted by Gasteiger charge is 2.39. The summed E-state index contributed by atoms with van der Waals surface area (Å²) in [5.41, 5.74) is 0.200. The minimum absolute atomic E-state index is 0.0459. The van der Waals surface area contributed by atoms with Crippen molar-refractivity contribution in [2.45, 2.75) is 76.9 Å². The van der Waals surface area contributed by atoms with Crippen LogP contribution in [-0.4, -0.2) is 47.3 Å². The van der Waals surface area contributed by atoms with Crippen molar-refractivity contribution in [3.63, 3.8) is 0 Å². The maximum Gasteiger partial charge on any atom is 0.0613 e. The van der Waals surface area contributed by atoms with Gasteiger partial charge in [0.2, 0.25) is 0 Å². The molecule has 3 heteroatoms. The zero-order valence-corrected chi connectivity index (χ0v) is 12.9. The van der Waals surface area contributed by atoms with Crippen molar-refractivity contribution in [1.29, 1.82) is 0 Å². The Bertz CT molecular complexity index is 251. The lowest BCUT2D eigenvalue weighted by Crippen LogP contribution is -2.58. The van der Waals surface area contributed by atoms with Gasteiger partial charge in [-0.15, -0.1) is 0 Å². The van der Waals surface area contributed by atoms with Gasteiger partial charge in [0.25, 0.3) is 0 Å². The van der Waals surface area contributed by atoms with E-state index in [1.165, 1.54) is 12.8 Å². The summed E-state index contributed by atoms with van der Waals surface area (Å²) < 4.78 is 0. The fourth-order valence-electron chi connectivity index (χ4n) is 3.14. The fourth-order valence-corrected chi connectivity index (χ4v) is 3.14. The van der Waals surface area contributed by atoms with Crippen molar-refractivity contribution >= 4 is 0 Å². The third-order valence-electron chi connectivity index (χ3n) is 5.04. The minimum atomic E-state index is -0.0459. The molecule has 0 saturated heterocycles. The zero-order valence-electron chi connectivity index (χ0n) is 12.9. The van der Waals surface area contributed by atoms with Crippen molar-refractivity contribution < 1.29 is 5.11 Å².